The van der Waals surface area contributed by atoms with E-state index in [1.807, 2.05) is 45.5 Å². The van der Waals surface area contributed by atoms with Gasteiger partial charge < -0.3 is 19.6 Å². The lowest BCUT2D eigenvalue weighted by atomic mass is 10.00. The van der Waals surface area contributed by atoms with Gasteiger partial charge in [0.05, 0.1) is 32.8 Å². The Bertz CT molecular complexity index is 917. The van der Waals surface area contributed by atoms with Crippen LogP contribution >= 0.6 is 11.3 Å². The number of carbonyl (C=O) groups excluding carboxylic acids is 2. The smallest absolute Gasteiger partial charge is 0.295 e. The maximum Gasteiger partial charge on any atom is 0.295 e. The zero-order valence-corrected chi connectivity index (χ0v) is 18.6. The molecule has 1 N–H and O–H groups in total. The minimum Gasteiger partial charge on any atom is -0.872 e. The first-order valence-corrected chi connectivity index (χ1v) is 11.0. The number of nitrogens with zero attached hydrogens (tertiary/aromatic N) is 1. The van der Waals surface area contributed by atoms with E-state index in [-0.39, 0.29) is 11.7 Å². The molecule has 3 rings (SSSR count). The second kappa shape index (κ2) is 9.45. The highest BCUT2D eigenvalue weighted by molar-refractivity contribution is 7.10. The van der Waals surface area contributed by atoms with Gasteiger partial charge in [0.15, 0.2) is 0 Å². The van der Waals surface area contributed by atoms with Gasteiger partial charge in [0, 0.05) is 23.4 Å². The largest absolute Gasteiger partial charge is 0.872 e. The van der Waals surface area contributed by atoms with Crippen LogP contribution in [-0.2, 0) is 9.59 Å². The number of carbonyl (C=O) groups is 2. The van der Waals surface area contributed by atoms with E-state index in [2.05, 4.69) is 0 Å². The fraction of sp³-hybridized carbons (Fsp3) is 0.391. The summed E-state index contributed by atoms with van der Waals surface area (Å²) in [5.41, 5.74) is 0.417. The van der Waals surface area contributed by atoms with Gasteiger partial charge in [-0.05, 0) is 43.0 Å². The molecule has 2 aromatic rings. The number of thiophene rings is 1. The first-order valence-electron chi connectivity index (χ1n) is 10.2. The molecule has 1 unspecified atom stereocenters. The van der Waals surface area contributed by atoms with Gasteiger partial charge in [0.25, 0.3) is 5.91 Å². The van der Waals surface area contributed by atoms with Crippen LogP contribution in [0.1, 0.15) is 36.8 Å². The quantitative estimate of drug-likeness (QED) is 0.391. The summed E-state index contributed by atoms with van der Waals surface area (Å²) in [6.45, 7) is 5.16. The van der Waals surface area contributed by atoms with Crippen molar-refractivity contribution in [2.75, 3.05) is 27.2 Å². The van der Waals surface area contributed by atoms with Crippen molar-refractivity contribution in [3.05, 3.63) is 57.8 Å². The highest BCUT2D eigenvalue weighted by Gasteiger charge is 2.44. The Hall–Kier alpha value is -2.64. The third-order valence-corrected chi connectivity index (χ3v) is 5.83. The van der Waals surface area contributed by atoms with Crippen molar-refractivity contribution in [3.8, 4) is 5.75 Å². The zero-order valence-electron chi connectivity index (χ0n) is 17.8. The van der Waals surface area contributed by atoms with E-state index in [9.17, 15) is 14.7 Å². The molecule has 7 heteroatoms. The van der Waals surface area contributed by atoms with E-state index in [1.165, 1.54) is 16.2 Å². The van der Waals surface area contributed by atoms with Crippen LogP contribution in [0.5, 0.6) is 5.75 Å². The van der Waals surface area contributed by atoms with E-state index < -0.39 is 23.5 Å². The Morgan fingerprint density at radius 1 is 1.20 bits per heavy atom. The van der Waals surface area contributed by atoms with Crippen molar-refractivity contribution >= 4 is 28.8 Å². The van der Waals surface area contributed by atoms with Gasteiger partial charge in [-0.3, -0.25) is 9.59 Å². The Morgan fingerprint density at radius 2 is 1.90 bits per heavy atom. The van der Waals surface area contributed by atoms with Crippen LogP contribution in [0, 0.1) is 0 Å². The van der Waals surface area contributed by atoms with Crippen molar-refractivity contribution in [2.24, 2.45) is 0 Å². The average molecular weight is 429 g/mol. The molecule has 1 amide bonds. The number of hydrogen-bond donors (Lipinski definition) is 1. The highest BCUT2D eigenvalue weighted by Crippen LogP contribution is 2.40. The third-order valence-electron chi connectivity index (χ3n) is 4.91. The second-order valence-electron chi connectivity index (χ2n) is 7.99. The fourth-order valence-electron chi connectivity index (χ4n) is 3.56. The molecule has 0 radical (unpaired) electrons. The van der Waals surface area contributed by atoms with Crippen molar-refractivity contribution < 1.29 is 24.3 Å². The summed E-state index contributed by atoms with van der Waals surface area (Å²) in [6, 6.07) is 9.84. The van der Waals surface area contributed by atoms with Crippen molar-refractivity contribution in [1.82, 2.24) is 4.90 Å². The predicted octanol–water partition coefficient (Wildman–Crippen LogP) is 1.29. The maximum atomic E-state index is 13.3. The molecule has 1 saturated heterocycles. The number of rotatable bonds is 8. The lowest BCUT2D eigenvalue weighted by Crippen LogP contribution is -3.05. The molecule has 1 aliphatic rings. The van der Waals surface area contributed by atoms with Crippen molar-refractivity contribution in [1.29, 1.82) is 0 Å². The van der Waals surface area contributed by atoms with E-state index in [0.717, 1.165) is 17.8 Å². The summed E-state index contributed by atoms with van der Waals surface area (Å²) in [4.78, 5) is 29.3. The van der Waals surface area contributed by atoms with E-state index >= 15 is 0 Å². The molecule has 0 spiro atoms. The summed E-state index contributed by atoms with van der Waals surface area (Å²) in [7, 11) is 4.09. The van der Waals surface area contributed by atoms with Crippen LogP contribution in [0.25, 0.3) is 5.76 Å². The predicted molar refractivity (Wildman–Crippen MR) is 115 cm³/mol. The van der Waals surface area contributed by atoms with Gasteiger partial charge in [-0.15, -0.1) is 11.3 Å². The lowest BCUT2D eigenvalue weighted by Gasteiger charge is -2.26. The van der Waals surface area contributed by atoms with Crippen LogP contribution in [0.15, 0.2) is 47.4 Å². The number of hydrogen-bond acceptors (Lipinski definition) is 5. The van der Waals surface area contributed by atoms with Gasteiger partial charge in [-0.2, -0.15) is 0 Å². The summed E-state index contributed by atoms with van der Waals surface area (Å²) in [5, 5.41) is 15.2. The molecule has 2 heterocycles. The molecular formula is C23H28N2O4S. The number of likely N-dealkylation sites (tertiary alicyclic amines) is 1. The van der Waals surface area contributed by atoms with Crippen LogP contribution in [0.4, 0.5) is 0 Å². The molecular weight excluding hydrogens is 400 g/mol. The molecule has 6 nitrogen and oxygen atoms in total. The van der Waals surface area contributed by atoms with Crippen LogP contribution in [0.3, 0.4) is 0 Å². The van der Waals surface area contributed by atoms with Gasteiger partial charge in [0.2, 0.25) is 5.78 Å². The average Bonchev–Trinajstić information content (AvgIpc) is 3.30. The fourth-order valence-corrected chi connectivity index (χ4v) is 4.40. The lowest BCUT2D eigenvalue weighted by molar-refractivity contribution is -0.858. The Balaban J connectivity index is 1.97. The molecule has 0 aliphatic carbocycles. The van der Waals surface area contributed by atoms with Gasteiger partial charge >= 0.3 is 0 Å². The third kappa shape index (κ3) is 4.74. The van der Waals surface area contributed by atoms with Gasteiger partial charge in [-0.1, -0.05) is 24.0 Å². The number of amides is 1. The van der Waals surface area contributed by atoms with Crippen molar-refractivity contribution in [2.45, 2.75) is 32.4 Å². The molecule has 1 fully saturated rings. The molecule has 1 atom stereocenters. The van der Waals surface area contributed by atoms with E-state index in [4.69, 9.17) is 4.74 Å². The summed E-state index contributed by atoms with van der Waals surface area (Å²) >= 11 is 1.45. The summed E-state index contributed by atoms with van der Waals surface area (Å²) in [5.74, 6) is -1.03. The van der Waals surface area contributed by atoms with Crippen LogP contribution in [0.2, 0.25) is 0 Å². The van der Waals surface area contributed by atoms with Gasteiger partial charge in [-0.25, -0.2) is 0 Å². The SMILES string of the molecule is CC(C)Oc1ccc(C([O-])=C2C(=O)C(=O)N(CCC[NH+](C)C)C2c2cccs2)cc1. The second-order valence-corrected chi connectivity index (χ2v) is 8.97. The molecule has 1 aromatic heterocycles. The topological polar surface area (TPSA) is 74.1 Å². The normalized spacial score (nSPS) is 18.6. The monoisotopic (exact) mass is 428 g/mol. The highest BCUT2D eigenvalue weighted by atomic mass is 32.1. The maximum absolute atomic E-state index is 13.3. The Labute approximate surface area is 181 Å². The number of nitrogens with one attached hydrogen (secondary N) is 1. The zero-order chi connectivity index (χ0) is 21.8. The number of Topliss-reactive ketones (excluding diaryl/α,β-unsaturated/α-hetero) is 1. The minimum atomic E-state index is -0.696. The summed E-state index contributed by atoms with van der Waals surface area (Å²) < 4.78 is 5.63. The molecule has 30 heavy (non-hydrogen) atoms. The number of ketones is 1. The molecule has 160 valence electrons. The number of benzene rings is 1. The van der Waals surface area contributed by atoms with Gasteiger partial charge in [0.1, 0.15) is 5.75 Å². The minimum absolute atomic E-state index is 0.0238. The number of ether oxygens (including phenoxy) is 1. The molecule has 1 aliphatic heterocycles. The molecule has 1 aromatic carbocycles. The first kappa shape index (κ1) is 22.1. The van der Waals surface area contributed by atoms with Crippen molar-refractivity contribution in [3.63, 3.8) is 0 Å². The standard InChI is InChI=1S/C23H28N2O4S/c1-15(2)29-17-10-8-16(9-11-17)21(26)19-20(18-7-5-14-30-18)25(23(28)22(19)27)13-6-12-24(3)4/h5,7-11,14-15,20,26H,6,12-13H2,1-4H3. The number of quaternary nitrogens is 1. The van der Waals surface area contributed by atoms with E-state index in [0.29, 0.717) is 17.9 Å². The molecule has 0 saturated carbocycles. The van der Waals surface area contributed by atoms with Crippen LogP contribution < -0.4 is 14.7 Å². The van der Waals surface area contributed by atoms with E-state index in [1.54, 1.807) is 29.2 Å². The Kier molecular flexibility index (Phi) is 6.95. The van der Waals surface area contributed by atoms with Crippen LogP contribution in [-0.4, -0.2) is 49.9 Å². The molecule has 0 bridgehead atoms. The summed E-state index contributed by atoms with van der Waals surface area (Å²) in [6.07, 6.45) is 0.780. The first-order chi connectivity index (χ1) is 14.3. The Morgan fingerprint density at radius 3 is 2.47 bits per heavy atom.